The molecule has 7 nitrogen and oxygen atoms in total. The van der Waals surface area contributed by atoms with Crippen molar-refractivity contribution < 1.29 is 23.5 Å². The normalized spacial score (nSPS) is 18.1. The number of ether oxygens (including phenoxy) is 1. The first-order valence-electron chi connectivity index (χ1n) is 9.88. The third kappa shape index (κ3) is 7.03. The first kappa shape index (κ1) is 22.6. The molecule has 1 aliphatic heterocycles. The van der Waals surface area contributed by atoms with E-state index in [0.29, 0.717) is 13.0 Å². The van der Waals surface area contributed by atoms with E-state index in [1.54, 1.807) is 32.9 Å². The van der Waals surface area contributed by atoms with E-state index in [9.17, 15) is 18.8 Å². The largest absolute Gasteiger partial charge is 0.444 e. The lowest BCUT2D eigenvalue weighted by Crippen LogP contribution is -2.54. The molecule has 2 rings (SSSR count). The van der Waals surface area contributed by atoms with Crippen LogP contribution in [0, 0.1) is 11.7 Å². The number of amides is 3. The van der Waals surface area contributed by atoms with Gasteiger partial charge in [-0.1, -0.05) is 12.1 Å². The summed E-state index contributed by atoms with van der Waals surface area (Å²) in [7, 11) is 0. The van der Waals surface area contributed by atoms with Gasteiger partial charge in [-0.25, -0.2) is 9.18 Å². The number of nitrogens with two attached hydrogens (primary N) is 1. The average Bonchev–Trinajstić information content (AvgIpc) is 2.64. The van der Waals surface area contributed by atoms with Crippen LogP contribution < -0.4 is 11.1 Å². The number of carbonyl (C=O) groups is 3. The Hall–Kier alpha value is -2.64. The second kappa shape index (κ2) is 9.71. The Morgan fingerprint density at radius 2 is 1.90 bits per heavy atom. The summed E-state index contributed by atoms with van der Waals surface area (Å²) >= 11 is 0. The molecule has 1 aromatic carbocycles. The van der Waals surface area contributed by atoms with Crippen molar-refractivity contribution in [1.29, 1.82) is 0 Å². The lowest BCUT2D eigenvalue weighted by atomic mass is 9.97. The molecule has 2 atom stereocenters. The van der Waals surface area contributed by atoms with Crippen LogP contribution in [0.1, 0.15) is 45.6 Å². The van der Waals surface area contributed by atoms with Crippen LogP contribution in [0.15, 0.2) is 24.3 Å². The Labute approximate surface area is 170 Å². The minimum Gasteiger partial charge on any atom is -0.444 e. The summed E-state index contributed by atoms with van der Waals surface area (Å²) in [6.07, 6.45) is 1.93. The van der Waals surface area contributed by atoms with Gasteiger partial charge < -0.3 is 15.8 Å². The first-order valence-corrected chi connectivity index (χ1v) is 9.88. The molecule has 0 aromatic heterocycles. The number of nitrogens with one attached hydrogen (secondary N) is 1. The zero-order chi connectivity index (χ0) is 21.6. The zero-order valence-corrected chi connectivity index (χ0v) is 17.2. The number of carbonyl (C=O) groups excluding carboxylic acids is 3. The van der Waals surface area contributed by atoms with Crippen LogP contribution in [0.25, 0.3) is 0 Å². The standard InChI is InChI=1S/C21H30FN3O4/c1-21(2,3)29-20(28)25-11-5-4-6-17(25)19(27)24-13-15(18(23)26)12-14-7-9-16(22)10-8-14/h7-10,15,17H,4-6,11-13H2,1-3H3,(H2,23,26)(H,24,27). The molecule has 2 unspecified atom stereocenters. The van der Waals surface area contributed by atoms with E-state index in [0.717, 1.165) is 18.4 Å². The number of halogens is 1. The second-order valence-corrected chi connectivity index (χ2v) is 8.36. The minimum atomic E-state index is -0.651. The average molecular weight is 407 g/mol. The van der Waals surface area contributed by atoms with Gasteiger partial charge in [0.05, 0.1) is 5.92 Å². The molecule has 160 valence electrons. The van der Waals surface area contributed by atoms with Crippen molar-refractivity contribution in [3.8, 4) is 0 Å². The Kier molecular flexibility index (Phi) is 7.59. The number of benzene rings is 1. The van der Waals surface area contributed by atoms with Crippen molar-refractivity contribution in [3.63, 3.8) is 0 Å². The van der Waals surface area contributed by atoms with Crippen molar-refractivity contribution in [2.75, 3.05) is 13.1 Å². The molecule has 3 N–H and O–H groups in total. The van der Waals surface area contributed by atoms with Crippen LogP contribution in [0.5, 0.6) is 0 Å². The summed E-state index contributed by atoms with van der Waals surface area (Å²) < 4.78 is 18.5. The number of primary amides is 1. The van der Waals surface area contributed by atoms with Gasteiger partial charge in [0.2, 0.25) is 11.8 Å². The fourth-order valence-corrected chi connectivity index (χ4v) is 3.26. The van der Waals surface area contributed by atoms with Crippen molar-refractivity contribution in [3.05, 3.63) is 35.6 Å². The Balaban J connectivity index is 1.99. The summed E-state index contributed by atoms with van der Waals surface area (Å²) in [6.45, 7) is 5.82. The predicted molar refractivity (Wildman–Crippen MR) is 106 cm³/mol. The summed E-state index contributed by atoms with van der Waals surface area (Å²) in [4.78, 5) is 38.5. The van der Waals surface area contributed by atoms with Gasteiger partial charge in [-0.15, -0.1) is 0 Å². The summed E-state index contributed by atoms with van der Waals surface area (Å²) in [6, 6.07) is 5.15. The highest BCUT2D eigenvalue weighted by Crippen LogP contribution is 2.21. The van der Waals surface area contributed by atoms with E-state index in [-0.39, 0.29) is 24.7 Å². The van der Waals surface area contributed by atoms with Crippen LogP contribution >= 0.6 is 0 Å². The maximum Gasteiger partial charge on any atom is 0.410 e. The lowest BCUT2D eigenvalue weighted by Gasteiger charge is -2.36. The molecule has 0 saturated carbocycles. The fraction of sp³-hybridized carbons (Fsp3) is 0.571. The molecule has 8 heteroatoms. The van der Waals surface area contributed by atoms with E-state index < -0.39 is 29.6 Å². The number of nitrogens with zero attached hydrogens (tertiary/aromatic N) is 1. The molecule has 1 saturated heterocycles. The molecule has 0 aliphatic carbocycles. The van der Waals surface area contributed by atoms with E-state index in [2.05, 4.69) is 5.32 Å². The van der Waals surface area contributed by atoms with Gasteiger partial charge in [0.15, 0.2) is 0 Å². The van der Waals surface area contributed by atoms with Gasteiger partial charge in [-0.05, 0) is 64.2 Å². The fourth-order valence-electron chi connectivity index (χ4n) is 3.26. The molecular weight excluding hydrogens is 377 g/mol. The molecule has 0 radical (unpaired) electrons. The Morgan fingerprint density at radius 1 is 1.24 bits per heavy atom. The van der Waals surface area contributed by atoms with Crippen molar-refractivity contribution in [2.45, 2.75) is 58.1 Å². The van der Waals surface area contributed by atoms with E-state index in [1.807, 2.05) is 0 Å². The predicted octanol–water partition coefficient (Wildman–Crippen LogP) is 2.38. The van der Waals surface area contributed by atoms with Gasteiger partial charge in [0.25, 0.3) is 0 Å². The molecular formula is C21H30FN3O4. The van der Waals surface area contributed by atoms with Gasteiger partial charge in [0.1, 0.15) is 17.5 Å². The number of hydrogen-bond donors (Lipinski definition) is 2. The topological polar surface area (TPSA) is 102 Å². The van der Waals surface area contributed by atoms with E-state index >= 15 is 0 Å². The van der Waals surface area contributed by atoms with Crippen LogP contribution in [0.3, 0.4) is 0 Å². The maximum absolute atomic E-state index is 13.1. The lowest BCUT2D eigenvalue weighted by molar-refractivity contribution is -0.128. The molecule has 0 bridgehead atoms. The Morgan fingerprint density at radius 3 is 2.48 bits per heavy atom. The number of hydrogen-bond acceptors (Lipinski definition) is 4. The third-order valence-corrected chi connectivity index (χ3v) is 4.75. The summed E-state index contributed by atoms with van der Waals surface area (Å²) in [5.41, 5.74) is 5.57. The maximum atomic E-state index is 13.1. The first-order chi connectivity index (χ1) is 13.6. The van der Waals surface area contributed by atoms with Gasteiger partial charge >= 0.3 is 6.09 Å². The Bertz CT molecular complexity index is 730. The molecule has 29 heavy (non-hydrogen) atoms. The number of piperidine rings is 1. The van der Waals surface area contributed by atoms with Crippen molar-refractivity contribution >= 4 is 17.9 Å². The smallest absolute Gasteiger partial charge is 0.410 e. The molecule has 1 fully saturated rings. The molecule has 1 aliphatic rings. The van der Waals surface area contributed by atoms with Crippen LogP contribution in [-0.2, 0) is 20.7 Å². The SMILES string of the molecule is CC(C)(C)OC(=O)N1CCCCC1C(=O)NCC(Cc1ccc(F)cc1)C(N)=O. The zero-order valence-electron chi connectivity index (χ0n) is 17.2. The third-order valence-electron chi connectivity index (χ3n) is 4.75. The highest BCUT2D eigenvalue weighted by atomic mass is 19.1. The highest BCUT2D eigenvalue weighted by Gasteiger charge is 2.35. The van der Waals surface area contributed by atoms with Crippen molar-refractivity contribution in [2.24, 2.45) is 11.7 Å². The number of rotatable bonds is 6. The van der Waals surface area contributed by atoms with Gasteiger partial charge in [0, 0.05) is 13.1 Å². The summed E-state index contributed by atoms with van der Waals surface area (Å²) in [5, 5.41) is 2.75. The molecule has 1 heterocycles. The second-order valence-electron chi connectivity index (χ2n) is 8.36. The summed E-state index contributed by atoms with van der Waals surface area (Å²) in [5.74, 6) is -1.89. The quantitative estimate of drug-likeness (QED) is 0.756. The van der Waals surface area contributed by atoms with Crippen molar-refractivity contribution in [1.82, 2.24) is 10.2 Å². The minimum absolute atomic E-state index is 0.0458. The molecule has 3 amide bonds. The molecule has 1 aromatic rings. The molecule has 0 spiro atoms. The van der Waals surface area contributed by atoms with Crippen LogP contribution in [-0.4, -0.2) is 47.5 Å². The van der Waals surface area contributed by atoms with E-state index in [1.165, 1.54) is 17.0 Å². The van der Waals surface area contributed by atoms with Crippen LogP contribution in [0.2, 0.25) is 0 Å². The van der Waals surface area contributed by atoms with Gasteiger partial charge in [-0.2, -0.15) is 0 Å². The van der Waals surface area contributed by atoms with Crippen LogP contribution in [0.4, 0.5) is 9.18 Å². The van der Waals surface area contributed by atoms with Gasteiger partial charge in [-0.3, -0.25) is 14.5 Å². The monoisotopic (exact) mass is 407 g/mol. The van der Waals surface area contributed by atoms with E-state index in [4.69, 9.17) is 10.5 Å². The number of likely N-dealkylation sites (tertiary alicyclic amines) is 1. The highest BCUT2D eigenvalue weighted by molar-refractivity contribution is 5.86.